The number of rotatable bonds is 7. The number of ether oxygens (including phenoxy) is 1. The molecular weight excluding hydrogens is 308 g/mol. The normalized spacial score (nSPS) is 12.5. The van der Waals surface area contributed by atoms with E-state index < -0.39 is 0 Å². The highest BCUT2D eigenvalue weighted by Gasteiger charge is 2.17. The highest BCUT2D eigenvalue weighted by Crippen LogP contribution is 2.30. The summed E-state index contributed by atoms with van der Waals surface area (Å²) in [5, 5.41) is 1.34. The van der Waals surface area contributed by atoms with Crippen molar-refractivity contribution in [3.05, 3.63) is 65.4 Å². The van der Waals surface area contributed by atoms with Crippen molar-refractivity contribution in [2.75, 3.05) is 13.2 Å². The van der Waals surface area contributed by atoms with Crippen molar-refractivity contribution in [3.8, 4) is 5.75 Å². The molecule has 0 saturated heterocycles. The van der Waals surface area contributed by atoms with E-state index in [1.165, 1.54) is 27.6 Å². The third kappa shape index (κ3) is 3.57. The van der Waals surface area contributed by atoms with E-state index in [0.29, 0.717) is 19.1 Å². The fraction of sp³-hybridized carbons (Fsp3) is 0.364. The summed E-state index contributed by atoms with van der Waals surface area (Å²) in [6.07, 6.45) is 3.25. The van der Waals surface area contributed by atoms with Crippen molar-refractivity contribution in [2.24, 2.45) is 5.73 Å². The summed E-state index contributed by atoms with van der Waals surface area (Å²) in [7, 11) is 0. The fourth-order valence-electron chi connectivity index (χ4n) is 3.70. The van der Waals surface area contributed by atoms with Gasteiger partial charge >= 0.3 is 0 Å². The third-order valence-corrected chi connectivity index (χ3v) is 4.95. The highest BCUT2D eigenvalue weighted by atomic mass is 16.5. The molecule has 0 aliphatic carbocycles. The molecule has 3 nitrogen and oxygen atoms in total. The number of nitrogens with zero attached hydrogens (tertiary/aromatic N) is 1. The lowest BCUT2D eigenvalue weighted by molar-refractivity contribution is 0.340. The van der Waals surface area contributed by atoms with Crippen LogP contribution in [0.5, 0.6) is 5.75 Å². The van der Waals surface area contributed by atoms with Crippen molar-refractivity contribution in [2.45, 2.75) is 39.7 Å². The molecule has 2 aromatic carbocycles. The lowest BCUT2D eigenvalue weighted by Crippen LogP contribution is -2.16. The Kier molecular flexibility index (Phi) is 5.44. The maximum atomic E-state index is 6.16. The molecule has 2 N–H and O–H groups in total. The van der Waals surface area contributed by atoms with E-state index in [0.717, 1.165) is 18.7 Å². The molecule has 0 fully saturated rings. The monoisotopic (exact) mass is 336 g/mol. The molecule has 1 atom stereocenters. The van der Waals surface area contributed by atoms with Crippen LogP contribution in [0.3, 0.4) is 0 Å². The zero-order valence-corrected chi connectivity index (χ0v) is 15.5. The van der Waals surface area contributed by atoms with Gasteiger partial charge in [0.05, 0.1) is 6.61 Å². The van der Waals surface area contributed by atoms with Crippen LogP contribution in [-0.2, 0) is 13.0 Å². The van der Waals surface area contributed by atoms with Gasteiger partial charge in [-0.25, -0.2) is 0 Å². The van der Waals surface area contributed by atoms with E-state index in [-0.39, 0.29) is 0 Å². The number of fused-ring (bicyclic) bond motifs is 1. The summed E-state index contributed by atoms with van der Waals surface area (Å²) in [6.45, 7) is 8.66. The molecule has 1 aromatic heterocycles. The minimum atomic E-state index is 0.312. The van der Waals surface area contributed by atoms with Crippen molar-refractivity contribution >= 4 is 10.9 Å². The summed E-state index contributed by atoms with van der Waals surface area (Å²) in [5.74, 6) is 1.24. The van der Waals surface area contributed by atoms with Gasteiger partial charge in [-0.05, 0) is 68.6 Å². The number of nitrogens with two attached hydrogens (primary N) is 1. The third-order valence-electron chi connectivity index (χ3n) is 4.95. The van der Waals surface area contributed by atoms with E-state index >= 15 is 0 Å². The maximum absolute atomic E-state index is 6.16. The van der Waals surface area contributed by atoms with Crippen LogP contribution in [-0.4, -0.2) is 17.7 Å². The van der Waals surface area contributed by atoms with Crippen molar-refractivity contribution in [3.63, 3.8) is 0 Å². The van der Waals surface area contributed by atoms with Crippen LogP contribution < -0.4 is 10.5 Å². The maximum Gasteiger partial charge on any atom is 0.119 e. The molecular formula is C22H28N2O. The second-order valence-electron chi connectivity index (χ2n) is 6.55. The average molecular weight is 336 g/mol. The van der Waals surface area contributed by atoms with Crippen LogP contribution >= 0.6 is 0 Å². The lowest BCUT2D eigenvalue weighted by Gasteiger charge is -2.18. The zero-order chi connectivity index (χ0) is 17.8. The van der Waals surface area contributed by atoms with Gasteiger partial charge in [-0.15, -0.1) is 0 Å². The number of para-hydroxylation sites is 1. The first kappa shape index (κ1) is 17.6. The molecule has 1 heterocycles. The fourth-order valence-corrected chi connectivity index (χ4v) is 3.70. The van der Waals surface area contributed by atoms with Crippen LogP contribution in [0.25, 0.3) is 10.9 Å². The average Bonchev–Trinajstić information content (AvgIpc) is 2.98. The molecule has 3 heteroatoms. The molecule has 25 heavy (non-hydrogen) atoms. The first-order valence-electron chi connectivity index (χ1n) is 9.18. The van der Waals surface area contributed by atoms with Crippen LogP contribution in [0.15, 0.2) is 48.7 Å². The highest BCUT2D eigenvalue weighted by molar-refractivity contribution is 5.84. The molecule has 0 saturated carbocycles. The Hall–Kier alpha value is -2.26. The molecule has 0 amide bonds. The van der Waals surface area contributed by atoms with Crippen molar-refractivity contribution in [1.82, 2.24) is 4.57 Å². The Bertz CT molecular complexity index is 850. The zero-order valence-electron chi connectivity index (χ0n) is 15.5. The Balaban J connectivity index is 1.93. The van der Waals surface area contributed by atoms with Gasteiger partial charge in [0, 0.05) is 29.6 Å². The minimum absolute atomic E-state index is 0.312. The predicted molar refractivity (Wildman–Crippen MR) is 105 cm³/mol. The lowest BCUT2D eigenvalue weighted by atomic mass is 9.89. The second-order valence-corrected chi connectivity index (χ2v) is 6.55. The van der Waals surface area contributed by atoms with Gasteiger partial charge in [0.15, 0.2) is 0 Å². The molecule has 0 aliphatic heterocycles. The van der Waals surface area contributed by atoms with E-state index in [1.807, 2.05) is 6.92 Å². The van der Waals surface area contributed by atoms with Gasteiger partial charge < -0.3 is 15.0 Å². The van der Waals surface area contributed by atoms with Crippen molar-refractivity contribution < 1.29 is 4.74 Å². The molecule has 132 valence electrons. The quantitative estimate of drug-likeness (QED) is 0.682. The van der Waals surface area contributed by atoms with E-state index in [4.69, 9.17) is 10.5 Å². The van der Waals surface area contributed by atoms with Crippen LogP contribution in [0.2, 0.25) is 0 Å². The number of aryl methyl sites for hydroxylation is 2. The molecule has 0 aliphatic rings. The summed E-state index contributed by atoms with van der Waals surface area (Å²) in [4.78, 5) is 0. The van der Waals surface area contributed by atoms with Gasteiger partial charge in [0.25, 0.3) is 0 Å². The van der Waals surface area contributed by atoms with E-state index in [2.05, 4.69) is 67.1 Å². The van der Waals surface area contributed by atoms with Gasteiger partial charge in [-0.3, -0.25) is 0 Å². The predicted octanol–water partition coefficient (Wildman–Crippen LogP) is 4.65. The number of aromatic nitrogens is 1. The van der Waals surface area contributed by atoms with Crippen LogP contribution in [0, 0.1) is 6.92 Å². The molecule has 3 rings (SSSR count). The van der Waals surface area contributed by atoms with Crippen molar-refractivity contribution in [1.29, 1.82) is 0 Å². The summed E-state index contributed by atoms with van der Waals surface area (Å²) in [5.41, 5.74) is 11.4. The Labute approximate surface area is 150 Å². The Morgan fingerprint density at radius 1 is 1.12 bits per heavy atom. The largest absolute Gasteiger partial charge is 0.494 e. The first-order valence-corrected chi connectivity index (χ1v) is 9.18. The van der Waals surface area contributed by atoms with Gasteiger partial charge in [-0.2, -0.15) is 0 Å². The number of hydrogen-bond donors (Lipinski definition) is 1. The number of hydrogen-bond acceptors (Lipinski definition) is 2. The molecule has 0 bridgehead atoms. The van der Waals surface area contributed by atoms with E-state index in [9.17, 15) is 0 Å². The second kappa shape index (κ2) is 7.75. The summed E-state index contributed by atoms with van der Waals surface area (Å²) in [6, 6.07) is 15.0. The summed E-state index contributed by atoms with van der Waals surface area (Å²) >= 11 is 0. The standard InChI is InChI=1S/C22H28N2O/c1-4-24-15-18(21-8-6-7-9-22(21)24)13-17(14-23)20-11-10-19(25-5-2)12-16(20)3/h6-12,15,17H,4-5,13-14,23H2,1-3H3. The minimum Gasteiger partial charge on any atom is -0.494 e. The summed E-state index contributed by atoms with van der Waals surface area (Å²) < 4.78 is 7.94. The Morgan fingerprint density at radius 3 is 2.60 bits per heavy atom. The SMILES string of the molecule is CCOc1ccc(C(CN)Cc2cn(CC)c3ccccc23)c(C)c1. The molecule has 3 aromatic rings. The van der Waals surface area contributed by atoms with Gasteiger partial charge in [0.1, 0.15) is 5.75 Å². The van der Waals surface area contributed by atoms with E-state index in [1.54, 1.807) is 0 Å². The smallest absolute Gasteiger partial charge is 0.119 e. The van der Waals surface area contributed by atoms with Crippen LogP contribution in [0.1, 0.15) is 36.5 Å². The van der Waals surface area contributed by atoms with Crippen LogP contribution in [0.4, 0.5) is 0 Å². The molecule has 0 radical (unpaired) electrons. The van der Waals surface area contributed by atoms with Gasteiger partial charge in [-0.1, -0.05) is 24.3 Å². The molecule has 0 spiro atoms. The first-order chi connectivity index (χ1) is 12.2. The Morgan fingerprint density at radius 2 is 1.92 bits per heavy atom. The topological polar surface area (TPSA) is 40.2 Å². The number of benzene rings is 2. The molecule has 1 unspecified atom stereocenters. The van der Waals surface area contributed by atoms with Gasteiger partial charge in [0.2, 0.25) is 0 Å².